The van der Waals surface area contributed by atoms with Gasteiger partial charge in [-0.2, -0.15) is 0 Å². The predicted molar refractivity (Wildman–Crippen MR) is 118 cm³/mol. The molecule has 0 heterocycles. The first-order valence-electron chi connectivity index (χ1n) is 10.6. The number of hydrogen-bond acceptors (Lipinski definition) is 3. The second-order valence-electron chi connectivity index (χ2n) is 8.04. The van der Waals surface area contributed by atoms with E-state index in [1.54, 1.807) is 66.7 Å². The van der Waals surface area contributed by atoms with E-state index in [-0.39, 0.29) is 23.9 Å². The van der Waals surface area contributed by atoms with Crippen molar-refractivity contribution in [1.29, 1.82) is 0 Å². The third-order valence-corrected chi connectivity index (χ3v) is 5.49. The van der Waals surface area contributed by atoms with Crippen molar-refractivity contribution in [3.63, 3.8) is 0 Å². The fourth-order valence-corrected chi connectivity index (χ4v) is 3.46. The van der Waals surface area contributed by atoms with E-state index in [2.05, 4.69) is 0 Å². The van der Waals surface area contributed by atoms with E-state index in [0.717, 1.165) is 18.4 Å². The van der Waals surface area contributed by atoms with Gasteiger partial charge in [-0.3, -0.25) is 4.79 Å². The van der Waals surface area contributed by atoms with E-state index in [1.807, 2.05) is 4.90 Å². The maximum absolute atomic E-state index is 13.7. The SMILES string of the molecule is O=C(O)c1ccc(CN(CC2CC2)C(=O)c2ccc(OCc3ccccc3F)cc2)cc1. The van der Waals surface area contributed by atoms with Gasteiger partial charge in [0.2, 0.25) is 0 Å². The number of carbonyl (C=O) groups excluding carboxylic acids is 1. The molecule has 0 bridgehead atoms. The minimum absolute atomic E-state index is 0.0835. The summed E-state index contributed by atoms with van der Waals surface area (Å²) in [6.45, 7) is 1.20. The molecule has 6 heteroatoms. The molecule has 1 aliphatic rings. The average molecular weight is 433 g/mol. The Hall–Kier alpha value is -3.67. The summed E-state index contributed by atoms with van der Waals surface area (Å²) in [6, 6.07) is 19.9. The van der Waals surface area contributed by atoms with Gasteiger partial charge in [-0.15, -0.1) is 0 Å². The van der Waals surface area contributed by atoms with Crippen LogP contribution in [0.2, 0.25) is 0 Å². The highest BCUT2D eigenvalue weighted by molar-refractivity contribution is 5.94. The summed E-state index contributed by atoms with van der Waals surface area (Å²) in [7, 11) is 0. The number of aromatic carboxylic acids is 1. The Morgan fingerprint density at radius 1 is 0.938 bits per heavy atom. The van der Waals surface area contributed by atoms with Crippen LogP contribution in [-0.4, -0.2) is 28.4 Å². The second kappa shape index (κ2) is 9.64. The molecule has 5 nitrogen and oxygen atoms in total. The Kier molecular flexibility index (Phi) is 6.50. The zero-order valence-electron chi connectivity index (χ0n) is 17.5. The minimum atomic E-state index is -0.972. The lowest BCUT2D eigenvalue weighted by molar-refractivity contribution is 0.0693. The van der Waals surface area contributed by atoms with Crippen molar-refractivity contribution in [3.8, 4) is 5.75 Å². The van der Waals surface area contributed by atoms with Crippen LogP contribution in [0.5, 0.6) is 5.75 Å². The van der Waals surface area contributed by atoms with Gasteiger partial charge in [-0.05, 0) is 66.8 Å². The summed E-state index contributed by atoms with van der Waals surface area (Å²) < 4.78 is 19.4. The normalized spacial score (nSPS) is 12.9. The molecule has 0 aliphatic heterocycles. The first kappa shape index (κ1) is 21.6. The molecule has 0 aromatic heterocycles. The molecule has 1 aliphatic carbocycles. The molecule has 1 fully saturated rings. The molecule has 1 amide bonds. The first-order valence-corrected chi connectivity index (χ1v) is 10.6. The highest BCUT2D eigenvalue weighted by atomic mass is 19.1. The van der Waals surface area contributed by atoms with Crippen molar-refractivity contribution in [3.05, 3.63) is 101 Å². The van der Waals surface area contributed by atoms with Crippen molar-refractivity contribution in [1.82, 2.24) is 4.90 Å². The Balaban J connectivity index is 1.42. The summed E-state index contributed by atoms with van der Waals surface area (Å²) in [6.07, 6.45) is 2.23. The van der Waals surface area contributed by atoms with Crippen LogP contribution in [0.1, 0.15) is 44.7 Å². The largest absolute Gasteiger partial charge is 0.489 e. The molecule has 3 aromatic carbocycles. The van der Waals surface area contributed by atoms with Crippen LogP contribution in [0, 0.1) is 11.7 Å². The van der Waals surface area contributed by atoms with Gasteiger partial charge in [0.15, 0.2) is 0 Å². The van der Waals surface area contributed by atoms with E-state index in [0.29, 0.717) is 35.9 Å². The summed E-state index contributed by atoms with van der Waals surface area (Å²) in [5.41, 5.74) is 2.12. The summed E-state index contributed by atoms with van der Waals surface area (Å²) >= 11 is 0. The van der Waals surface area contributed by atoms with Gasteiger partial charge in [0.1, 0.15) is 18.2 Å². The fourth-order valence-electron chi connectivity index (χ4n) is 3.46. The monoisotopic (exact) mass is 433 g/mol. The molecular formula is C26H24FNO4. The summed E-state index contributed by atoms with van der Waals surface area (Å²) in [5, 5.41) is 9.07. The van der Waals surface area contributed by atoms with Gasteiger partial charge in [0, 0.05) is 24.2 Å². The van der Waals surface area contributed by atoms with Crippen LogP contribution in [-0.2, 0) is 13.2 Å². The highest BCUT2D eigenvalue weighted by Crippen LogP contribution is 2.31. The Labute approximate surface area is 186 Å². The number of halogens is 1. The third kappa shape index (κ3) is 5.52. The van der Waals surface area contributed by atoms with Crippen molar-refractivity contribution in [2.45, 2.75) is 26.0 Å². The van der Waals surface area contributed by atoms with Crippen LogP contribution in [0.4, 0.5) is 4.39 Å². The number of benzene rings is 3. The number of carbonyl (C=O) groups is 2. The second-order valence-corrected chi connectivity index (χ2v) is 8.04. The van der Waals surface area contributed by atoms with Gasteiger partial charge in [0.05, 0.1) is 5.56 Å². The minimum Gasteiger partial charge on any atom is -0.489 e. The predicted octanol–water partition coefficient (Wildman–Crippen LogP) is 5.16. The zero-order valence-corrected chi connectivity index (χ0v) is 17.5. The van der Waals surface area contributed by atoms with Gasteiger partial charge in [-0.25, -0.2) is 9.18 Å². The van der Waals surface area contributed by atoms with E-state index in [1.165, 1.54) is 6.07 Å². The lowest BCUT2D eigenvalue weighted by atomic mass is 10.1. The van der Waals surface area contributed by atoms with E-state index >= 15 is 0 Å². The molecule has 1 N–H and O–H groups in total. The van der Waals surface area contributed by atoms with Crippen molar-refractivity contribution >= 4 is 11.9 Å². The number of hydrogen-bond donors (Lipinski definition) is 1. The van der Waals surface area contributed by atoms with Crippen LogP contribution in [0.3, 0.4) is 0 Å². The molecule has 0 saturated heterocycles. The standard InChI is InChI=1S/C26H24FNO4/c27-24-4-2-1-3-22(24)17-32-23-13-11-20(12-14-23)25(29)28(15-18-5-6-18)16-19-7-9-21(10-8-19)26(30)31/h1-4,7-14,18H,5-6,15-17H2,(H,30,31). The van der Waals surface area contributed by atoms with E-state index < -0.39 is 5.97 Å². The van der Waals surface area contributed by atoms with Gasteiger partial charge in [0.25, 0.3) is 5.91 Å². The van der Waals surface area contributed by atoms with Gasteiger partial charge >= 0.3 is 5.97 Å². The molecule has 3 aromatic rings. The fraction of sp³-hybridized carbons (Fsp3) is 0.231. The Bertz CT molecular complexity index is 1090. The molecule has 0 atom stereocenters. The number of rotatable bonds is 9. The molecular weight excluding hydrogens is 409 g/mol. The van der Waals surface area contributed by atoms with Crippen LogP contribution in [0.25, 0.3) is 0 Å². The van der Waals surface area contributed by atoms with Gasteiger partial charge < -0.3 is 14.7 Å². The lowest BCUT2D eigenvalue weighted by Gasteiger charge is -2.23. The molecule has 32 heavy (non-hydrogen) atoms. The highest BCUT2D eigenvalue weighted by Gasteiger charge is 2.27. The molecule has 4 rings (SSSR count). The summed E-state index contributed by atoms with van der Waals surface area (Å²) in [4.78, 5) is 26.0. The third-order valence-electron chi connectivity index (χ3n) is 5.49. The lowest BCUT2D eigenvalue weighted by Crippen LogP contribution is -2.32. The molecule has 164 valence electrons. The van der Waals surface area contributed by atoms with Crippen LogP contribution < -0.4 is 4.74 Å². The molecule has 0 unspecified atom stereocenters. The zero-order chi connectivity index (χ0) is 22.5. The van der Waals surface area contributed by atoms with Crippen LogP contribution >= 0.6 is 0 Å². The maximum atomic E-state index is 13.7. The van der Waals surface area contributed by atoms with Gasteiger partial charge in [-0.1, -0.05) is 30.3 Å². The van der Waals surface area contributed by atoms with Crippen molar-refractivity contribution in [2.75, 3.05) is 6.54 Å². The topological polar surface area (TPSA) is 66.8 Å². The Morgan fingerprint density at radius 2 is 1.59 bits per heavy atom. The Morgan fingerprint density at radius 3 is 2.22 bits per heavy atom. The number of carboxylic acid groups (broad SMARTS) is 1. The van der Waals surface area contributed by atoms with Crippen molar-refractivity contribution < 1.29 is 23.8 Å². The number of nitrogens with zero attached hydrogens (tertiary/aromatic N) is 1. The average Bonchev–Trinajstić information content (AvgIpc) is 3.62. The number of carboxylic acids is 1. The molecule has 0 radical (unpaired) electrons. The molecule has 0 spiro atoms. The van der Waals surface area contributed by atoms with E-state index in [9.17, 15) is 14.0 Å². The maximum Gasteiger partial charge on any atom is 0.335 e. The quantitative estimate of drug-likeness (QED) is 0.507. The summed E-state index contributed by atoms with van der Waals surface area (Å²) in [5.74, 6) is -0.297. The van der Waals surface area contributed by atoms with Crippen molar-refractivity contribution in [2.24, 2.45) is 5.92 Å². The molecule has 1 saturated carbocycles. The van der Waals surface area contributed by atoms with E-state index in [4.69, 9.17) is 9.84 Å². The van der Waals surface area contributed by atoms with Crippen LogP contribution in [0.15, 0.2) is 72.8 Å². The number of amides is 1. The smallest absolute Gasteiger partial charge is 0.335 e. The first-order chi connectivity index (χ1) is 15.5. The number of ether oxygens (including phenoxy) is 1.